The van der Waals surface area contributed by atoms with Gasteiger partial charge >= 0.3 is 0 Å². The fourth-order valence-corrected chi connectivity index (χ4v) is 1.18. The Kier molecular flexibility index (Phi) is 5.95. The highest BCUT2D eigenvalue weighted by Gasteiger charge is 1.91. The van der Waals surface area contributed by atoms with E-state index in [1.807, 2.05) is 19.2 Å². The highest BCUT2D eigenvalue weighted by molar-refractivity contribution is 5.07. The van der Waals surface area contributed by atoms with E-state index in [4.69, 9.17) is 4.74 Å². The summed E-state index contributed by atoms with van der Waals surface area (Å²) in [5, 5.41) is 3.34. The molecule has 1 heterocycles. The molecule has 0 aliphatic carbocycles. The second-order valence-corrected chi connectivity index (χ2v) is 3.09. The van der Waals surface area contributed by atoms with Crippen molar-refractivity contribution >= 4 is 0 Å². The molecule has 0 unspecified atom stereocenters. The summed E-state index contributed by atoms with van der Waals surface area (Å²) < 4.78 is 5.23. The smallest absolute Gasteiger partial charge is 0.0477 e. The van der Waals surface area contributed by atoms with Gasteiger partial charge in [0.15, 0.2) is 0 Å². The Labute approximate surface area is 85.5 Å². The van der Waals surface area contributed by atoms with Crippen molar-refractivity contribution in [1.82, 2.24) is 10.3 Å². The fourth-order valence-electron chi connectivity index (χ4n) is 1.18. The predicted molar refractivity (Wildman–Crippen MR) is 57.1 cm³/mol. The van der Waals surface area contributed by atoms with E-state index in [0.29, 0.717) is 0 Å². The number of rotatable bonds is 7. The molecule has 1 aromatic rings. The normalized spacial score (nSPS) is 10.4. The Bertz CT molecular complexity index is 226. The Hall–Kier alpha value is -0.930. The topological polar surface area (TPSA) is 34.1 Å². The van der Waals surface area contributed by atoms with Crippen LogP contribution in [0.5, 0.6) is 0 Å². The molecule has 3 heteroatoms. The Morgan fingerprint density at radius 2 is 2.43 bits per heavy atom. The van der Waals surface area contributed by atoms with Gasteiger partial charge in [0.1, 0.15) is 0 Å². The predicted octanol–water partition coefficient (Wildman–Crippen LogP) is 1.60. The van der Waals surface area contributed by atoms with Crippen LogP contribution >= 0.6 is 0 Å². The quantitative estimate of drug-likeness (QED) is 0.669. The number of nitrogens with zero attached hydrogens (tertiary/aromatic N) is 1. The summed E-state index contributed by atoms with van der Waals surface area (Å²) in [5.74, 6) is 0. The van der Waals surface area contributed by atoms with Gasteiger partial charge in [0.05, 0.1) is 0 Å². The summed E-state index contributed by atoms with van der Waals surface area (Å²) >= 11 is 0. The van der Waals surface area contributed by atoms with Gasteiger partial charge in [0, 0.05) is 32.2 Å². The lowest BCUT2D eigenvalue weighted by molar-refractivity contribution is 0.144. The first kappa shape index (κ1) is 11.1. The first-order chi connectivity index (χ1) is 6.93. The molecule has 1 rings (SSSR count). The molecule has 0 aliphatic heterocycles. The molecule has 0 spiro atoms. The second-order valence-electron chi connectivity index (χ2n) is 3.09. The van der Waals surface area contributed by atoms with E-state index in [2.05, 4.69) is 16.4 Å². The molecule has 1 N–H and O–H groups in total. The van der Waals surface area contributed by atoms with E-state index >= 15 is 0 Å². The number of nitrogens with one attached hydrogen (secondary N) is 1. The van der Waals surface area contributed by atoms with Crippen LogP contribution in [-0.4, -0.2) is 24.7 Å². The van der Waals surface area contributed by atoms with Gasteiger partial charge in [-0.25, -0.2) is 0 Å². The van der Waals surface area contributed by atoms with Gasteiger partial charge in [0.25, 0.3) is 0 Å². The minimum absolute atomic E-state index is 0.808. The number of aromatic nitrogens is 1. The van der Waals surface area contributed by atoms with Crippen molar-refractivity contribution in [2.45, 2.75) is 19.9 Å². The van der Waals surface area contributed by atoms with Gasteiger partial charge in [-0.3, -0.25) is 4.98 Å². The third-order valence-corrected chi connectivity index (χ3v) is 1.90. The SMILES string of the molecule is CCOCCCNCc1cccnc1. The van der Waals surface area contributed by atoms with Gasteiger partial charge in [-0.2, -0.15) is 0 Å². The summed E-state index contributed by atoms with van der Waals surface area (Å²) in [4.78, 5) is 4.05. The molecule has 14 heavy (non-hydrogen) atoms. The van der Waals surface area contributed by atoms with Gasteiger partial charge in [-0.05, 0) is 31.5 Å². The third-order valence-electron chi connectivity index (χ3n) is 1.90. The fraction of sp³-hybridized carbons (Fsp3) is 0.545. The molecular weight excluding hydrogens is 176 g/mol. The number of ether oxygens (including phenoxy) is 1. The van der Waals surface area contributed by atoms with Crippen molar-refractivity contribution in [2.75, 3.05) is 19.8 Å². The molecule has 0 aromatic carbocycles. The highest BCUT2D eigenvalue weighted by Crippen LogP contribution is 1.94. The van der Waals surface area contributed by atoms with Crippen molar-refractivity contribution in [2.24, 2.45) is 0 Å². The Morgan fingerprint density at radius 1 is 1.50 bits per heavy atom. The van der Waals surface area contributed by atoms with Crippen LogP contribution in [0, 0.1) is 0 Å². The van der Waals surface area contributed by atoms with E-state index in [1.165, 1.54) is 5.56 Å². The molecule has 0 aliphatic rings. The summed E-state index contributed by atoms with van der Waals surface area (Å²) in [7, 11) is 0. The largest absolute Gasteiger partial charge is 0.382 e. The lowest BCUT2D eigenvalue weighted by Gasteiger charge is -2.04. The number of hydrogen-bond acceptors (Lipinski definition) is 3. The van der Waals surface area contributed by atoms with Crippen LogP contribution in [0.15, 0.2) is 24.5 Å². The molecule has 78 valence electrons. The first-order valence-corrected chi connectivity index (χ1v) is 5.11. The minimum atomic E-state index is 0.808. The zero-order valence-corrected chi connectivity index (χ0v) is 8.70. The van der Waals surface area contributed by atoms with Crippen molar-refractivity contribution in [3.63, 3.8) is 0 Å². The monoisotopic (exact) mass is 194 g/mol. The molecule has 3 nitrogen and oxygen atoms in total. The molecular formula is C11H18N2O. The van der Waals surface area contributed by atoms with E-state index in [1.54, 1.807) is 6.20 Å². The minimum Gasteiger partial charge on any atom is -0.382 e. The van der Waals surface area contributed by atoms with Crippen LogP contribution in [0.25, 0.3) is 0 Å². The van der Waals surface area contributed by atoms with Crippen LogP contribution in [0.1, 0.15) is 18.9 Å². The summed E-state index contributed by atoms with van der Waals surface area (Å²) in [5.41, 5.74) is 1.23. The van der Waals surface area contributed by atoms with Gasteiger partial charge in [0.2, 0.25) is 0 Å². The average Bonchev–Trinajstić information content (AvgIpc) is 2.25. The molecule has 0 radical (unpaired) electrons. The van der Waals surface area contributed by atoms with Crippen LogP contribution in [-0.2, 0) is 11.3 Å². The zero-order chi connectivity index (χ0) is 10.1. The molecule has 0 bridgehead atoms. The highest BCUT2D eigenvalue weighted by atomic mass is 16.5. The van der Waals surface area contributed by atoms with E-state index < -0.39 is 0 Å². The second kappa shape index (κ2) is 7.47. The van der Waals surface area contributed by atoms with Crippen LogP contribution in [0.2, 0.25) is 0 Å². The number of pyridine rings is 1. The van der Waals surface area contributed by atoms with Crippen LogP contribution in [0.3, 0.4) is 0 Å². The molecule has 1 aromatic heterocycles. The average molecular weight is 194 g/mol. The van der Waals surface area contributed by atoms with Crippen molar-refractivity contribution in [3.8, 4) is 0 Å². The van der Waals surface area contributed by atoms with Gasteiger partial charge < -0.3 is 10.1 Å². The lowest BCUT2D eigenvalue weighted by atomic mass is 10.3. The summed E-state index contributed by atoms with van der Waals surface area (Å²) in [6.45, 7) is 5.55. The first-order valence-electron chi connectivity index (χ1n) is 5.11. The number of hydrogen-bond donors (Lipinski definition) is 1. The van der Waals surface area contributed by atoms with Crippen molar-refractivity contribution in [3.05, 3.63) is 30.1 Å². The maximum atomic E-state index is 5.23. The Morgan fingerprint density at radius 3 is 3.14 bits per heavy atom. The van der Waals surface area contributed by atoms with E-state index in [0.717, 1.165) is 32.7 Å². The van der Waals surface area contributed by atoms with Crippen molar-refractivity contribution < 1.29 is 4.74 Å². The summed E-state index contributed by atoms with van der Waals surface area (Å²) in [6, 6.07) is 4.03. The molecule has 0 fully saturated rings. The maximum absolute atomic E-state index is 5.23. The maximum Gasteiger partial charge on any atom is 0.0477 e. The third kappa shape index (κ3) is 4.94. The van der Waals surface area contributed by atoms with Gasteiger partial charge in [-0.15, -0.1) is 0 Å². The lowest BCUT2D eigenvalue weighted by Crippen LogP contribution is -2.16. The molecule has 0 amide bonds. The summed E-state index contributed by atoms with van der Waals surface area (Å²) in [6.07, 6.45) is 4.74. The van der Waals surface area contributed by atoms with Crippen LogP contribution < -0.4 is 5.32 Å². The van der Waals surface area contributed by atoms with Crippen LogP contribution in [0.4, 0.5) is 0 Å². The Balaban J connectivity index is 1.99. The standard InChI is InChI=1S/C11H18N2O/c1-2-14-8-4-7-13-10-11-5-3-6-12-9-11/h3,5-6,9,13H,2,4,7-8,10H2,1H3. The van der Waals surface area contributed by atoms with Gasteiger partial charge in [-0.1, -0.05) is 6.07 Å². The van der Waals surface area contributed by atoms with E-state index in [-0.39, 0.29) is 0 Å². The zero-order valence-electron chi connectivity index (χ0n) is 8.70. The van der Waals surface area contributed by atoms with E-state index in [9.17, 15) is 0 Å². The van der Waals surface area contributed by atoms with Crippen molar-refractivity contribution in [1.29, 1.82) is 0 Å². The molecule has 0 saturated carbocycles. The molecule has 0 saturated heterocycles. The molecule has 0 atom stereocenters.